The van der Waals surface area contributed by atoms with E-state index in [1.165, 1.54) is 51.4 Å². The Morgan fingerprint density at radius 3 is 2.05 bits per heavy atom. The first kappa shape index (κ1) is 16.7. The Morgan fingerprint density at radius 1 is 1.00 bits per heavy atom. The molecule has 0 N–H and O–H groups in total. The van der Waals surface area contributed by atoms with Crippen molar-refractivity contribution in [1.82, 2.24) is 0 Å². The van der Waals surface area contributed by atoms with Crippen LogP contribution in [0.4, 0.5) is 0 Å². The van der Waals surface area contributed by atoms with E-state index in [4.69, 9.17) is 4.74 Å². The molecule has 0 unspecified atom stereocenters. The van der Waals surface area contributed by atoms with Gasteiger partial charge in [0.15, 0.2) is 0 Å². The van der Waals surface area contributed by atoms with E-state index in [1.54, 1.807) is 7.11 Å². The summed E-state index contributed by atoms with van der Waals surface area (Å²) in [5.74, 6) is 0.410. The summed E-state index contributed by atoms with van der Waals surface area (Å²) in [6.45, 7) is 2.25. The maximum absolute atomic E-state index is 11.9. The second kappa shape index (κ2) is 9.52. The van der Waals surface area contributed by atoms with Gasteiger partial charge in [0.05, 0.1) is 5.60 Å². The molecule has 1 aliphatic rings. The van der Waals surface area contributed by atoms with Crippen LogP contribution in [0.2, 0.25) is 0 Å². The molecule has 0 aromatic rings. The van der Waals surface area contributed by atoms with Crippen molar-refractivity contribution >= 4 is 5.78 Å². The Hall–Kier alpha value is -0.370. The minimum Gasteiger partial charge on any atom is -0.378 e. The van der Waals surface area contributed by atoms with Crippen LogP contribution in [0.15, 0.2) is 0 Å². The molecule has 0 radical (unpaired) electrons. The molecule has 0 atom stereocenters. The summed E-state index contributed by atoms with van der Waals surface area (Å²) in [6.07, 6.45) is 15.2. The van der Waals surface area contributed by atoms with E-state index < -0.39 is 0 Å². The van der Waals surface area contributed by atoms with Gasteiger partial charge in [-0.05, 0) is 25.7 Å². The maximum Gasteiger partial charge on any atom is 0.135 e. The highest BCUT2D eigenvalue weighted by Crippen LogP contribution is 2.38. The average Bonchev–Trinajstić information content (AvgIpc) is 2.37. The Balaban J connectivity index is 1.93. The van der Waals surface area contributed by atoms with Crippen LogP contribution in [0.3, 0.4) is 0 Å². The zero-order valence-corrected chi connectivity index (χ0v) is 13.0. The molecule has 2 nitrogen and oxygen atoms in total. The van der Waals surface area contributed by atoms with Gasteiger partial charge < -0.3 is 4.74 Å². The van der Waals surface area contributed by atoms with E-state index in [0.717, 1.165) is 25.7 Å². The molecule has 0 spiro atoms. The number of carbonyl (C=O) groups excluding carboxylic acids is 1. The van der Waals surface area contributed by atoms with Crippen LogP contribution >= 0.6 is 0 Å². The first-order chi connectivity index (χ1) is 9.22. The van der Waals surface area contributed by atoms with Crippen molar-refractivity contribution in [2.45, 2.75) is 96.0 Å². The molecule has 0 amide bonds. The van der Waals surface area contributed by atoms with Crippen molar-refractivity contribution in [2.24, 2.45) is 0 Å². The summed E-state index contributed by atoms with van der Waals surface area (Å²) in [6, 6.07) is 0. The van der Waals surface area contributed by atoms with Gasteiger partial charge in [0.1, 0.15) is 5.78 Å². The summed E-state index contributed by atoms with van der Waals surface area (Å²) in [5, 5.41) is 0. The molecular weight excluding hydrogens is 236 g/mol. The van der Waals surface area contributed by atoms with Gasteiger partial charge in [-0.1, -0.05) is 51.9 Å². The predicted molar refractivity (Wildman–Crippen MR) is 80.4 cm³/mol. The third kappa shape index (κ3) is 6.56. The lowest BCUT2D eigenvalue weighted by atomic mass is 9.76. The lowest BCUT2D eigenvalue weighted by Crippen LogP contribution is -2.41. The van der Waals surface area contributed by atoms with Crippen molar-refractivity contribution in [3.63, 3.8) is 0 Å². The van der Waals surface area contributed by atoms with Gasteiger partial charge in [-0.2, -0.15) is 0 Å². The fourth-order valence-electron chi connectivity index (χ4n) is 2.93. The van der Waals surface area contributed by atoms with Gasteiger partial charge in [-0.3, -0.25) is 4.79 Å². The van der Waals surface area contributed by atoms with Crippen molar-refractivity contribution in [3.05, 3.63) is 0 Å². The fourth-order valence-corrected chi connectivity index (χ4v) is 2.93. The van der Waals surface area contributed by atoms with Crippen LogP contribution in [0.5, 0.6) is 0 Å². The molecule has 1 aliphatic carbocycles. The number of carbonyl (C=O) groups is 1. The molecule has 0 aliphatic heterocycles. The molecule has 2 heteroatoms. The molecule has 1 fully saturated rings. The first-order valence-electron chi connectivity index (χ1n) is 8.29. The lowest BCUT2D eigenvalue weighted by molar-refractivity contribution is -0.132. The lowest BCUT2D eigenvalue weighted by Gasteiger charge is -2.40. The second-order valence-corrected chi connectivity index (χ2v) is 6.18. The molecule has 1 rings (SSSR count). The topological polar surface area (TPSA) is 26.3 Å². The van der Waals surface area contributed by atoms with Crippen molar-refractivity contribution in [2.75, 3.05) is 7.11 Å². The molecule has 0 saturated heterocycles. The van der Waals surface area contributed by atoms with Gasteiger partial charge in [-0.25, -0.2) is 0 Å². The Labute approximate surface area is 119 Å². The third-order valence-corrected chi connectivity index (χ3v) is 4.53. The number of hydrogen-bond acceptors (Lipinski definition) is 2. The molecular formula is C17H32O2. The molecule has 0 aromatic carbocycles. The average molecular weight is 268 g/mol. The summed E-state index contributed by atoms with van der Waals surface area (Å²) in [5.41, 5.74) is -0.0722. The monoisotopic (exact) mass is 268 g/mol. The van der Waals surface area contributed by atoms with Crippen LogP contribution in [0, 0.1) is 0 Å². The van der Waals surface area contributed by atoms with Crippen molar-refractivity contribution in [1.29, 1.82) is 0 Å². The van der Waals surface area contributed by atoms with Crippen molar-refractivity contribution < 1.29 is 9.53 Å². The third-order valence-electron chi connectivity index (χ3n) is 4.53. The van der Waals surface area contributed by atoms with E-state index in [-0.39, 0.29) is 5.60 Å². The number of methoxy groups -OCH3 is 1. The van der Waals surface area contributed by atoms with Gasteiger partial charge in [0.2, 0.25) is 0 Å². The number of rotatable bonds is 12. The summed E-state index contributed by atoms with van der Waals surface area (Å²) >= 11 is 0. The van der Waals surface area contributed by atoms with Crippen LogP contribution in [-0.4, -0.2) is 18.5 Å². The fraction of sp³-hybridized carbons (Fsp3) is 0.941. The minimum atomic E-state index is -0.0722. The first-order valence-corrected chi connectivity index (χ1v) is 8.29. The highest BCUT2D eigenvalue weighted by molar-refractivity contribution is 5.79. The summed E-state index contributed by atoms with van der Waals surface area (Å²) < 4.78 is 5.51. The Morgan fingerprint density at radius 2 is 1.58 bits per heavy atom. The smallest absolute Gasteiger partial charge is 0.135 e. The van der Waals surface area contributed by atoms with Crippen LogP contribution < -0.4 is 0 Å². The van der Waals surface area contributed by atoms with E-state index in [1.807, 2.05) is 0 Å². The van der Waals surface area contributed by atoms with Gasteiger partial charge in [0.25, 0.3) is 0 Å². The zero-order valence-electron chi connectivity index (χ0n) is 13.0. The normalized spacial score (nSPS) is 17.2. The van der Waals surface area contributed by atoms with Gasteiger partial charge >= 0.3 is 0 Å². The quantitative estimate of drug-likeness (QED) is 0.463. The standard InChI is InChI=1S/C17H32O2/c1-3-4-5-6-7-8-9-10-12-16(18)15-17(19-2)13-11-14-17/h3-15H2,1-2H3. The Bertz CT molecular complexity index is 238. The zero-order chi connectivity index (χ0) is 14.0. The SMILES string of the molecule is CCCCCCCCCCC(=O)CC1(OC)CCC1. The number of unbranched alkanes of at least 4 members (excludes halogenated alkanes) is 7. The van der Waals surface area contributed by atoms with Crippen LogP contribution in [-0.2, 0) is 9.53 Å². The number of ether oxygens (including phenoxy) is 1. The predicted octanol–water partition coefficient (Wildman–Crippen LogP) is 5.05. The largest absolute Gasteiger partial charge is 0.378 e. The molecule has 0 bridgehead atoms. The van der Waals surface area contributed by atoms with E-state index in [9.17, 15) is 4.79 Å². The summed E-state index contributed by atoms with van der Waals surface area (Å²) in [4.78, 5) is 11.9. The summed E-state index contributed by atoms with van der Waals surface area (Å²) in [7, 11) is 1.75. The molecule has 112 valence electrons. The second-order valence-electron chi connectivity index (χ2n) is 6.18. The molecule has 0 heterocycles. The highest BCUT2D eigenvalue weighted by Gasteiger charge is 2.38. The highest BCUT2D eigenvalue weighted by atomic mass is 16.5. The van der Waals surface area contributed by atoms with Gasteiger partial charge in [-0.15, -0.1) is 0 Å². The van der Waals surface area contributed by atoms with Crippen LogP contribution in [0.25, 0.3) is 0 Å². The van der Waals surface area contributed by atoms with Gasteiger partial charge in [0, 0.05) is 20.0 Å². The van der Waals surface area contributed by atoms with E-state index >= 15 is 0 Å². The maximum atomic E-state index is 11.9. The number of hydrogen-bond donors (Lipinski definition) is 0. The molecule has 19 heavy (non-hydrogen) atoms. The van der Waals surface area contributed by atoms with Crippen molar-refractivity contribution in [3.8, 4) is 0 Å². The number of Topliss-reactive ketones (excluding diaryl/α,β-unsaturated/α-hetero) is 1. The van der Waals surface area contributed by atoms with Crippen LogP contribution in [0.1, 0.15) is 90.4 Å². The van der Waals surface area contributed by atoms with E-state index in [2.05, 4.69) is 6.92 Å². The number of ketones is 1. The molecule has 0 aromatic heterocycles. The Kier molecular flexibility index (Phi) is 8.36. The molecule has 1 saturated carbocycles. The minimum absolute atomic E-state index is 0.0722. The van der Waals surface area contributed by atoms with E-state index in [0.29, 0.717) is 12.2 Å².